The Balaban J connectivity index is 0.00000392. The van der Waals surface area contributed by atoms with Gasteiger partial charge in [0.25, 0.3) is 0 Å². The quantitative estimate of drug-likeness (QED) is 0.313. The molecule has 0 bridgehead atoms. The Morgan fingerprint density at radius 1 is 0.964 bits per heavy atom. The molecule has 0 saturated heterocycles. The molecule has 0 aliphatic heterocycles. The smallest absolute Gasteiger partial charge is 0.212 e. The molecule has 28 heavy (non-hydrogen) atoms. The molecule has 2 aromatic rings. The fourth-order valence-electron chi connectivity index (χ4n) is 2.50. The van der Waals surface area contributed by atoms with Crippen molar-refractivity contribution >= 4 is 29.9 Å². The largest absolute Gasteiger partial charge is 0.493 e. The van der Waals surface area contributed by atoms with Crippen molar-refractivity contribution in [3.05, 3.63) is 47.7 Å². The number of nitrogens with one attached hydrogen (secondary N) is 2. The molecule has 1 aromatic heterocycles. The van der Waals surface area contributed by atoms with E-state index in [1.807, 2.05) is 37.3 Å². The molecular weight excluding hydrogens is 471 g/mol. The molecule has 2 rings (SSSR count). The molecule has 0 atom stereocenters. The molecule has 0 fully saturated rings. The molecular formula is C20H29IN4O3. The number of ether oxygens (including phenoxy) is 3. The van der Waals surface area contributed by atoms with E-state index in [1.54, 1.807) is 27.5 Å². The molecule has 0 aliphatic carbocycles. The fourth-order valence-corrected chi connectivity index (χ4v) is 2.50. The highest BCUT2D eigenvalue weighted by atomic mass is 127. The number of hydrogen-bond acceptors (Lipinski definition) is 5. The highest BCUT2D eigenvalue weighted by Gasteiger charge is 2.05. The zero-order chi connectivity index (χ0) is 19.5. The van der Waals surface area contributed by atoms with Gasteiger partial charge in [0.2, 0.25) is 5.88 Å². The Hall–Kier alpha value is -2.23. The number of hydrogen-bond donors (Lipinski definition) is 2. The number of aliphatic imine (C=N–C) groups is 1. The number of halogens is 1. The van der Waals surface area contributed by atoms with Gasteiger partial charge in [-0.05, 0) is 36.6 Å². The first-order valence-electron chi connectivity index (χ1n) is 8.92. The fraction of sp³-hybridized carbons (Fsp3) is 0.400. The van der Waals surface area contributed by atoms with Crippen LogP contribution in [0.1, 0.15) is 18.1 Å². The van der Waals surface area contributed by atoms with Crippen LogP contribution in [0, 0.1) is 0 Å². The van der Waals surface area contributed by atoms with Gasteiger partial charge in [-0.3, -0.25) is 0 Å². The SMILES string of the molecule is CCNC(=NCc1ccc(OC)nc1)NCCc1ccc(OC)c(OC)c1.I. The van der Waals surface area contributed by atoms with Crippen LogP contribution < -0.4 is 24.8 Å². The van der Waals surface area contributed by atoms with E-state index < -0.39 is 0 Å². The molecule has 1 aromatic carbocycles. The van der Waals surface area contributed by atoms with Crippen molar-refractivity contribution in [2.24, 2.45) is 4.99 Å². The second-order valence-electron chi connectivity index (χ2n) is 5.77. The molecule has 0 spiro atoms. The number of guanidine groups is 1. The molecule has 154 valence electrons. The minimum absolute atomic E-state index is 0. The van der Waals surface area contributed by atoms with Gasteiger partial charge in [-0.1, -0.05) is 12.1 Å². The van der Waals surface area contributed by atoms with Crippen molar-refractivity contribution in [3.63, 3.8) is 0 Å². The van der Waals surface area contributed by atoms with Gasteiger partial charge in [0, 0.05) is 25.4 Å². The van der Waals surface area contributed by atoms with Gasteiger partial charge >= 0.3 is 0 Å². The lowest BCUT2D eigenvalue weighted by Gasteiger charge is -2.13. The van der Waals surface area contributed by atoms with Crippen LogP contribution in [0.15, 0.2) is 41.5 Å². The van der Waals surface area contributed by atoms with E-state index in [4.69, 9.17) is 14.2 Å². The first-order valence-corrected chi connectivity index (χ1v) is 8.92. The monoisotopic (exact) mass is 500 g/mol. The molecule has 1 heterocycles. The maximum absolute atomic E-state index is 5.35. The Bertz CT molecular complexity index is 739. The first-order chi connectivity index (χ1) is 13.2. The van der Waals surface area contributed by atoms with Crippen molar-refractivity contribution in [3.8, 4) is 17.4 Å². The number of nitrogens with zero attached hydrogens (tertiary/aromatic N) is 2. The van der Waals surface area contributed by atoms with Gasteiger partial charge in [-0.15, -0.1) is 24.0 Å². The Morgan fingerprint density at radius 2 is 1.71 bits per heavy atom. The standard InChI is InChI=1S/C20H28N4O3.HI/c1-5-21-20(24-14-16-7-9-19(27-4)23-13-16)22-11-10-15-6-8-17(25-2)18(12-15)26-3;/h6-9,12-13H,5,10-11,14H2,1-4H3,(H2,21,22,24);1H. The normalized spacial score (nSPS) is 10.6. The average molecular weight is 500 g/mol. The van der Waals surface area contributed by atoms with E-state index in [-0.39, 0.29) is 24.0 Å². The average Bonchev–Trinajstić information content (AvgIpc) is 2.72. The highest BCUT2D eigenvalue weighted by molar-refractivity contribution is 14.0. The second-order valence-corrected chi connectivity index (χ2v) is 5.77. The van der Waals surface area contributed by atoms with E-state index in [1.165, 1.54) is 0 Å². The molecule has 8 heteroatoms. The lowest BCUT2D eigenvalue weighted by atomic mass is 10.1. The van der Waals surface area contributed by atoms with Crippen molar-refractivity contribution in [1.82, 2.24) is 15.6 Å². The summed E-state index contributed by atoms with van der Waals surface area (Å²) < 4.78 is 15.7. The van der Waals surface area contributed by atoms with E-state index in [9.17, 15) is 0 Å². The predicted octanol–water partition coefficient (Wildman–Crippen LogP) is 3.02. The Labute approximate surface area is 183 Å². The maximum atomic E-state index is 5.35. The van der Waals surface area contributed by atoms with Crippen LogP contribution in [-0.4, -0.2) is 45.4 Å². The summed E-state index contributed by atoms with van der Waals surface area (Å²) in [5.74, 6) is 2.84. The van der Waals surface area contributed by atoms with Gasteiger partial charge in [0.05, 0.1) is 27.9 Å². The van der Waals surface area contributed by atoms with Crippen molar-refractivity contribution in [1.29, 1.82) is 0 Å². The molecule has 0 unspecified atom stereocenters. The van der Waals surface area contributed by atoms with Crippen LogP contribution in [-0.2, 0) is 13.0 Å². The lowest BCUT2D eigenvalue weighted by molar-refractivity contribution is 0.354. The van der Waals surface area contributed by atoms with Crippen molar-refractivity contribution in [2.75, 3.05) is 34.4 Å². The van der Waals surface area contributed by atoms with Crippen LogP contribution >= 0.6 is 24.0 Å². The highest BCUT2D eigenvalue weighted by Crippen LogP contribution is 2.27. The summed E-state index contributed by atoms with van der Waals surface area (Å²) in [6.45, 7) is 4.13. The van der Waals surface area contributed by atoms with Crippen LogP contribution in [0.4, 0.5) is 0 Å². The summed E-state index contributed by atoms with van der Waals surface area (Å²) in [5.41, 5.74) is 2.18. The van der Waals surface area contributed by atoms with Gasteiger partial charge in [0.15, 0.2) is 17.5 Å². The number of pyridine rings is 1. The lowest BCUT2D eigenvalue weighted by Crippen LogP contribution is -2.38. The predicted molar refractivity (Wildman–Crippen MR) is 122 cm³/mol. The number of benzene rings is 1. The third kappa shape index (κ3) is 7.41. The van der Waals surface area contributed by atoms with Gasteiger partial charge in [-0.2, -0.15) is 0 Å². The number of rotatable bonds is 9. The summed E-state index contributed by atoms with van der Waals surface area (Å²) in [4.78, 5) is 8.80. The zero-order valence-electron chi connectivity index (χ0n) is 16.8. The minimum atomic E-state index is 0. The molecule has 0 amide bonds. The Kier molecular flexibility index (Phi) is 11.1. The maximum Gasteiger partial charge on any atom is 0.212 e. The third-order valence-electron chi connectivity index (χ3n) is 3.92. The van der Waals surface area contributed by atoms with Crippen molar-refractivity contribution < 1.29 is 14.2 Å². The van der Waals surface area contributed by atoms with Crippen molar-refractivity contribution in [2.45, 2.75) is 19.9 Å². The second kappa shape index (κ2) is 13.0. The molecule has 7 nitrogen and oxygen atoms in total. The number of aromatic nitrogens is 1. The first kappa shape index (κ1) is 23.8. The summed E-state index contributed by atoms with van der Waals surface area (Å²) in [6.07, 6.45) is 2.62. The van der Waals surface area contributed by atoms with E-state index in [0.717, 1.165) is 48.1 Å². The summed E-state index contributed by atoms with van der Waals surface area (Å²) >= 11 is 0. The third-order valence-corrected chi connectivity index (χ3v) is 3.92. The van der Waals surface area contributed by atoms with Crippen LogP contribution in [0.3, 0.4) is 0 Å². The molecule has 0 aliphatic rings. The minimum Gasteiger partial charge on any atom is -0.493 e. The van der Waals surface area contributed by atoms with E-state index in [0.29, 0.717) is 12.4 Å². The van der Waals surface area contributed by atoms with Gasteiger partial charge in [0.1, 0.15) is 0 Å². The zero-order valence-corrected chi connectivity index (χ0v) is 19.2. The topological polar surface area (TPSA) is 77.0 Å². The van der Waals surface area contributed by atoms with Crippen LogP contribution in [0.25, 0.3) is 0 Å². The Morgan fingerprint density at radius 3 is 2.32 bits per heavy atom. The van der Waals surface area contributed by atoms with Gasteiger partial charge in [-0.25, -0.2) is 9.98 Å². The summed E-state index contributed by atoms with van der Waals surface area (Å²) in [7, 11) is 4.88. The molecule has 0 radical (unpaired) electrons. The molecule has 0 saturated carbocycles. The summed E-state index contributed by atoms with van der Waals surface area (Å²) in [6, 6.07) is 9.75. The summed E-state index contributed by atoms with van der Waals surface area (Å²) in [5, 5.41) is 6.60. The number of methoxy groups -OCH3 is 3. The van der Waals surface area contributed by atoms with E-state index >= 15 is 0 Å². The molecule has 2 N–H and O–H groups in total. The van der Waals surface area contributed by atoms with Gasteiger partial charge < -0.3 is 24.8 Å². The van der Waals surface area contributed by atoms with E-state index in [2.05, 4.69) is 20.6 Å². The van der Waals surface area contributed by atoms with Crippen LogP contribution in [0.2, 0.25) is 0 Å². The van der Waals surface area contributed by atoms with Crippen LogP contribution in [0.5, 0.6) is 17.4 Å².